The van der Waals surface area contributed by atoms with E-state index in [2.05, 4.69) is 69.0 Å². The zero-order valence-electron chi connectivity index (χ0n) is 11.7. The number of anilines is 1. The Morgan fingerprint density at radius 2 is 1.38 bits per heavy atom. The van der Waals surface area contributed by atoms with E-state index >= 15 is 0 Å². The molecule has 2 aromatic rings. The summed E-state index contributed by atoms with van der Waals surface area (Å²) in [5.41, 5.74) is 1.00. The molecule has 0 aromatic heterocycles. The fourth-order valence-electron chi connectivity index (χ4n) is 1.93. The number of hydrogen-bond acceptors (Lipinski definition) is 3. The van der Waals surface area contributed by atoms with E-state index in [1.807, 2.05) is 0 Å². The molecule has 0 saturated heterocycles. The van der Waals surface area contributed by atoms with E-state index in [-0.39, 0.29) is 22.2 Å². The maximum absolute atomic E-state index is 12.6. The topological polar surface area (TPSA) is 86.6 Å². The number of carbonyl (C=O) groups excluding carboxylic acids is 1. The molecule has 0 fully saturated rings. The zero-order chi connectivity index (χ0) is 18.0. The summed E-state index contributed by atoms with van der Waals surface area (Å²) in [6.45, 7) is -0.102. The highest BCUT2D eigenvalue weighted by Crippen LogP contribution is 2.42. The van der Waals surface area contributed by atoms with Crippen LogP contribution in [0.4, 0.5) is 5.69 Å². The number of carboxylic acid groups (broad SMARTS) is 1. The van der Waals surface area contributed by atoms with Gasteiger partial charge in [0.15, 0.2) is 0 Å². The number of carbonyl (C=O) groups is 2. The van der Waals surface area contributed by atoms with Crippen LogP contribution in [0.15, 0.2) is 42.2 Å². The molecule has 3 N–H and O–H groups in total. The van der Waals surface area contributed by atoms with Crippen molar-refractivity contribution >= 4 is 81.3 Å². The van der Waals surface area contributed by atoms with Crippen molar-refractivity contribution < 1.29 is 19.8 Å². The molecule has 0 atom stereocenters. The van der Waals surface area contributed by atoms with Gasteiger partial charge in [-0.2, -0.15) is 0 Å². The second kappa shape index (κ2) is 8.09. The third kappa shape index (κ3) is 3.91. The number of benzene rings is 2. The second-order valence-electron chi connectivity index (χ2n) is 4.62. The molecule has 0 aliphatic heterocycles. The lowest BCUT2D eigenvalue weighted by atomic mass is 10.1. The molecule has 126 valence electrons. The van der Waals surface area contributed by atoms with Gasteiger partial charge in [-0.1, -0.05) is 12.1 Å². The Morgan fingerprint density at radius 3 is 1.83 bits per heavy atom. The van der Waals surface area contributed by atoms with Crippen LogP contribution in [-0.2, 0) is 6.61 Å². The predicted octanol–water partition coefficient (Wildman–Crippen LogP) is 5.18. The summed E-state index contributed by atoms with van der Waals surface area (Å²) < 4.78 is 1.57. The highest BCUT2D eigenvalue weighted by atomic mass is 79.9. The summed E-state index contributed by atoms with van der Waals surface area (Å²) in [7, 11) is 0. The molecule has 0 aliphatic carbocycles. The van der Waals surface area contributed by atoms with Gasteiger partial charge in [0.2, 0.25) is 0 Å². The maximum atomic E-state index is 12.6. The van der Waals surface area contributed by atoms with Crippen molar-refractivity contribution in [2.75, 3.05) is 5.32 Å². The normalized spacial score (nSPS) is 10.5. The lowest BCUT2D eigenvalue weighted by Crippen LogP contribution is -2.18. The van der Waals surface area contributed by atoms with Crippen molar-refractivity contribution in [2.24, 2.45) is 0 Å². The van der Waals surface area contributed by atoms with Gasteiger partial charge in [0.1, 0.15) is 0 Å². The van der Waals surface area contributed by atoms with Crippen LogP contribution in [0.25, 0.3) is 0 Å². The van der Waals surface area contributed by atoms with Crippen molar-refractivity contribution in [1.82, 2.24) is 0 Å². The number of aromatic carboxylic acids is 1. The Hall–Kier alpha value is -0.740. The number of hydrogen-bond donors (Lipinski definition) is 3. The minimum Gasteiger partial charge on any atom is -0.478 e. The summed E-state index contributed by atoms with van der Waals surface area (Å²) in [6, 6.07) is 6.58. The van der Waals surface area contributed by atoms with E-state index < -0.39 is 11.9 Å². The molecule has 0 radical (unpaired) electrons. The van der Waals surface area contributed by atoms with Gasteiger partial charge < -0.3 is 15.5 Å². The van der Waals surface area contributed by atoms with Crippen molar-refractivity contribution in [3.05, 3.63) is 58.8 Å². The van der Waals surface area contributed by atoms with Crippen LogP contribution in [0, 0.1) is 0 Å². The number of nitrogens with one attached hydrogen (secondary N) is 1. The Balaban J connectivity index is 2.50. The number of aliphatic hydroxyl groups excluding tert-OH is 1. The second-order valence-corrected chi connectivity index (χ2v) is 7.79. The molecular weight excluding hydrogens is 578 g/mol. The molecule has 9 heteroatoms. The van der Waals surface area contributed by atoms with Gasteiger partial charge in [-0.05, 0) is 81.4 Å². The monoisotopic (exact) mass is 583 g/mol. The van der Waals surface area contributed by atoms with E-state index in [4.69, 9.17) is 5.11 Å². The molecule has 0 spiro atoms. The highest BCUT2D eigenvalue weighted by Gasteiger charge is 2.27. The molecule has 0 saturated carbocycles. The lowest BCUT2D eigenvalue weighted by molar-refractivity contribution is 0.0691. The standard InChI is InChI=1S/C15H9Br4NO4/c16-10-8(9(15(23)24)11(17)13(19)12(10)18)14(22)20-7-3-1-6(5-21)2-4-7/h1-4,21H,5H2,(H,20,22)(H,23,24). The Kier molecular flexibility index (Phi) is 6.60. The number of carboxylic acids is 1. The lowest BCUT2D eigenvalue weighted by Gasteiger charge is -2.15. The molecule has 0 heterocycles. The van der Waals surface area contributed by atoms with Crippen LogP contribution in [0.3, 0.4) is 0 Å². The van der Waals surface area contributed by atoms with Crippen LogP contribution in [0.5, 0.6) is 0 Å². The van der Waals surface area contributed by atoms with E-state index in [0.717, 1.165) is 0 Å². The zero-order valence-corrected chi connectivity index (χ0v) is 18.1. The number of rotatable bonds is 4. The first kappa shape index (κ1) is 19.6. The van der Waals surface area contributed by atoms with Crippen molar-refractivity contribution in [3.63, 3.8) is 0 Å². The van der Waals surface area contributed by atoms with E-state index in [1.54, 1.807) is 24.3 Å². The summed E-state index contributed by atoms with van der Waals surface area (Å²) in [4.78, 5) is 24.2. The summed E-state index contributed by atoms with van der Waals surface area (Å²) in [6.07, 6.45) is 0. The first-order chi connectivity index (χ1) is 11.3. The molecular formula is C15H9Br4NO4. The summed E-state index contributed by atoms with van der Waals surface area (Å²) in [5, 5.41) is 21.2. The largest absolute Gasteiger partial charge is 0.478 e. The van der Waals surface area contributed by atoms with Gasteiger partial charge in [-0.15, -0.1) is 0 Å². The highest BCUT2D eigenvalue weighted by molar-refractivity contribution is 9.15. The van der Waals surface area contributed by atoms with Crippen LogP contribution in [0.1, 0.15) is 26.3 Å². The molecule has 1 amide bonds. The number of aliphatic hydroxyl groups is 1. The quantitative estimate of drug-likeness (QED) is 0.341. The molecule has 0 aliphatic rings. The van der Waals surface area contributed by atoms with Crippen LogP contribution in [0.2, 0.25) is 0 Å². The van der Waals surface area contributed by atoms with E-state index in [1.165, 1.54) is 0 Å². The summed E-state index contributed by atoms with van der Waals surface area (Å²) >= 11 is 13.1. The van der Waals surface area contributed by atoms with Crippen molar-refractivity contribution in [2.45, 2.75) is 6.61 Å². The maximum Gasteiger partial charge on any atom is 0.337 e. The molecule has 24 heavy (non-hydrogen) atoms. The van der Waals surface area contributed by atoms with Crippen LogP contribution < -0.4 is 5.32 Å². The molecule has 5 nitrogen and oxygen atoms in total. The molecule has 2 aromatic carbocycles. The fourth-order valence-corrected chi connectivity index (χ4v) is 4.40. The number of halogens is 4. The Morgan fingerprint density at radius 1 is 0.875 bits per heavy atom. The van der Waals surface area contributed by atoms with Gasteiger partial charge >= 0.3 is 5.97 Å². The first-order valence-electron chi connectivity index (χ1n) is 6.38. The smallest absolute Gasteiger partial charge is 0.337 e. The van der Waals surface area contributed by atoms with Gasteiger partial charge in [-0.3, -0.25) is 4.79 Å². The third-order valence-corrected chi connectivity index (χ3v) is 7.87. The number of amides is 1. The van der Waals surface area contributed by atoms with Gasteiger partial charge in [-0.25, -0.2) is 4.79 Å². The van der Waals surface area contributed by atoms with Crippen LogP contribution in [-0.4, -0.2) is 22.1 Å². The van der Waals surface area contributed by atoms with Crippen LogP contribution >= 0.6 is 63.7 Å². The first-order valence-corrected chi connectivity index (χ1v) is 9.55. The summed E-state index contributed by atoms with van der Waals surface area (Å²) in [5.74, 6) is -1.82. The van der Waals surface area contributed by atoms with E-state index in [0.29, 0.717) is 24.7 Å². The SMILES string of the molecule is O=C(O)c1c(Br)c(Br)c(Br)c(Br)c1C(=O)Nc1ccc(CO)cc1. The van der Waals surface area contributed by atoms with Crippen molar-refractivity contribution in [1.29, 1.82) is 0 Å². The average molecular weight is 587 g/mol. The Labute approximate surface area is 171 Å². The van der Waals surface area contributed by atoms with E-state index in [9.17, 15) is 14.7 Å². The minimum absolute atomic E-state index is 0.0179. The minimum atomic E-state index is -1.24. The average Bonchev–Trinajstić information content (AvgIpc) is 2.56. The van der Waals surface area contributed by atoms with Gasteiger partial charge in [0, 0.05) is 23.6 Å². The van der Waals surface area contributed by atoms with Gasteiger partial charge in [0.05, 0.1) is 17.7 Å². The van der Waals surface area contributed by atoms with Crippen molar-refractivity contribution in [3.8, 4) is 0 Å². The molecule has 2 rings (SSSR count). The van der Waals surface area contributed by atoms with Gasteiger partial charge in [0.25, 0.3) is 5.91 Å². The fraction of sp³-hybridized carbons (Fsp3) is 0.0667. The Bertz CT molecular complexity index is 821. The third-order valence-electron chi connectivity index (χ3n) is 3.10. The predicted molar refractivity (Wildman–Crippen MR) is 105 cm³/mol. The molecule has 0 bridgehead atoms. The molecule has 0 unspecified atom stereocenters.